The third-order valence-electron chi connectivity index (χ3n) is 4.26. The summed E-state index contributed by atoms with van der Waals surface area (Å²) < 4.78 is 0. The van der Waals surface area contributed by atoms with Gasteiger partial charge in [-0.1, -0.05) is 36.4 Å². The lowest BCUT2D eigenvalue weighted by Gasteiger charge is -2.15. The first-order valence-electron chi connectivity index (χ1n) is 8.12. The summed E-state index contributed by atoms with van der Waals surface area (Å²) in [7, 11) is 0. The van der Waals surface area contributed by atoms with Gasteiger partial charge in [-0.2, -0.15) is 0 Å². The molecule has 5 heteroatoms. The number of rotatable bonds is 4. The van der Waals surface area contributed by atoms with Crippen molar-refractivity contribution in [3.05, 3.63) is 60.2 Å². The number of carbonyl (C=O) groups is 2. The fourth-order valence-corrected chi connectivity index (χ4v) is 3.10. The Morgan fingerprint density at radius 3 is 2.54 bits per heavy atom. The number of anilines is 2. The summed E-state index contributed by atoms with van der Waals surface area (Å²) in [6, 6.07) is 17.1. The van der Waals surface area contributed by atoms with Crippen LogP contribution in [-0.4, -0.2) is 25.0 Å². The molecule has 1 unspecified atom stereocenters. The zero-order valence-electron chi connectivity index (χ0n) is 13.7. The number of amides is 3. The van der Waals surface area contributed by atoms with E-state index in [9.17, 15) is 9.59 Å². The zero-order chi connectivity index (χ0) is 16.9. The number of urea groups is 1. The fourth-order valence-electron chi connectivity index (χ4n) is 3.10. The highest BCUT2D eigenvalue weighted by molar-refractivity contribution is 5.94. The van der Waals surface area contributed by atoms with Gasteiger partial charge in [0.15, 0.2) is 0 Å². The summed E-state index contributed by atoms with van der Waals surface area (Å²) in [4.78, 5) is 25.5. The topological polar surface area (TPSA) is 61.4 Å². The molecule has 5 nitrogen and oxygen atoms in total. The normalized spacial score (nSPS) is 15.7. The van der Waals surface area contributed by atoms with Gasteiger partial charge < -0.3 is 15.5 Å². The molecule has 3 amide bonds. The lowest BCUT2D eigenvalue weighted by molar-refractivity contribution is -0.116. The van der Waals surface area contributed by atoms with E-state index in [2.05, 4.69) is 16.7 Å². The van der Waals surface area contributed by atoms with E-state index in [4.69, 9.17) is 0 Å². The molecule has 0 saturated carbocycles. The number of hydrogen-bond acceptors (Lipinski definition) is 2. The van der Waals surface area contributed by atoms with Gasteiger partial charge in [-0.15, -0.1) is 0 Å². The van der Waals surface area contributed by atoms with E-state index >= 15 is 0 Å². The molecular formula is C19H21N3O2. The van der Waals surface area contributed by atoms with Gasteiger partial charge in [0, 0.05) is 37.3 Å². The van der Waals surface area contributed by atoms with Crippen molar-refractivity contribution in [2.24, 2.45) is 0 Å². The average Bonchev–Trinajstić information content (AvgIpc) is 2.95. The van der Waals surface area contributed by atoms with E-state index in [0.29, 0.717) is 13.1 Å². The summed E-state index contributed by atoms with van der Waals surface area (Å²) in [6.45, 7) is 2.82. The molecule has 0 fully saturated rings. The lowest BCUT2D eigenvalue weighted by Crippen LogP contribution is -2.31. The molecule has 0 spiro atoms. The first kappa shape index (κ1) is 16.1. The zero-order valence-corrected chi connectivity index (χ0v) is 13.7. The Bertz CT molecular complexity index is 730. The first-order valence-corrected chi connectivity index (χ1v) is 8.12. The molecule has 1 aliphatic rings. The Morgan fingerprint density at radius 2 is 1.79 bits per heavy atom. The van der Waals surface area contributed by atoms with E-state index in [1.807, 2.05) is 53.4 Å². The quantitative estimate of drug-likeness (QED) is 0.906. The van der Waals surface area contributed by atoms with Gasteiger partial charge in [0.2, 0.25) is 5.91 Å². The van der Waals surface area contributed by atoms with Crippen molar-refractivity contribution in [3.8, 4) is 0 Å². The molecule has 3 rings (SSSR count). The van der Waals surface area contributed by atoms with Gasteiger partial charge in [-0.05, 0) is 30.2 Å². The van der Waals surface area contributed by atoms with Crippen molar-refractivity contribution >= 4 is 23.3 Å². The fraction of sp³-hybridized carbons (Fsp3) is 0.263. The van der Waals surface area contributed by atoms with E-state index in [-0.39, 0.29) is 17.9 Å². The number of carbonyl (C=O) groups excluding carboxylic acids is 2. The molecule has 0 saturated heterocycles. The second-order valence-corrected chi connectivity index (χ2v) is 5.92. The minimum absolute atomic E-state index is 0.0553. The summed E-state index contributed by atoms with van der Waals surface area (Å²) in [5.74, 6) is 0.307. The monoisotopic (exact) mass is 323 g/mol. The maximum absolute atomic E-state index is 11.9. The summed E-state index contributed by atoms with van der Waals surface area (Å²) in [6.07, 6.45) is 0.795. The largest absolute Gasteiger partial charge is 0.338 e. The van der Waals surface area contributed by atoms with Crippen LogP contribution in [0.4, 0.5) is 16.2 Å². The van der Waals surface area contributed by atoms with Gasteiger partial charge in [0.1, 0.15) is 0 Å². The smallest absolute Gasteiger partial charge is 0.319 e. The van der Waals surface area contributed by atoms with Crippen LogP contribution in [0.3, 0.4) is 0 Å². The van der Waals surface area contributed by atoms with Crippen LogP contribution in [0.15, 0.2) is 54.6 Å². The maximum atomic E-state index is 11.9. The van der Waals surface area contributed by atoms with Crippen LogP contribution in [0.2, 0.25) is 0 Å². The van der Waals surface area contributed by atoms with Crippen LogP contribution in [0, 0.1) is 0 Å². The van der Waals surface area contributed by atoms with Crippen LogP contribution < -0.4 is 15.5 Å². The summed E-state index contributed by atoms with van der Waals surface area (Å²) in [5.41, 5.74) is 2.94. The Kier molecular flexibility index (Phi) is 4.79. The number of para-hydroxylation sites is 2. The molecule has 24 heavy (non-hydrogen) atoms. The highest BCUT2D eigenvalue weighted by Crippen LogP contribution is 2.37. The van der Waals surface area contributed by atoms with E-state index in [1.165, 1.54) is 5.56 Å². The van der Waals surface area contributed by atoms with Crippen molar-refractivity contribution < 1.29 is 9.59 Å². The highest BCUT2D eigenvalue weighted by Gasteiger charge is 2.29. The molecule has 124 valence electrons. The molecule has 0 aliphatic carbocycles. The van der Waals surface area contributed by atoms with E-state index in [0.717, 1.165) is 17.8 Å². The molecule has 2 aromatic carbocycles. The number of benzene rings is 2. The van der Waals surface area contributed by atoms with Crippen LogP contribution in [0.25, 0.3) is 0 Å². The van der Waals surface area contributed by atoms with Crippen molar-refractivity contribution in [1.82, 2.24) is 5.32 Å². The third kappa shape index (κ3) is 3.56. The third-order valence-corrected chi connectivity index (χ3v) is 4.26. The number of nitrogens with zero attached hydrogens (tertiary/aromatic N) is 1. The van der Waals surface area contributed by atoms with Gasteiger partial charge in [0.25, 0.3) is 0 Å². The highest BCUT2D eigenvalue weighted by atomic mass is 16.2. The number of fused-ring (bicyclic) bond motifs is 1. The Morgan fingerprint density at radius 1 is 1.08 bits per heavy atom. The number of hydrogen-bond donors (Lipinski definition) is 2. The molecule has 0 aromatic heterocycles. The van der Waals surface area contributed by atoms with Gasteiger partial charge in [0.05, 0.1) is 0 Å². The average molecular weight is 323 g/mol. The van der Waals surface area contributed by atoms with Crippen LogP contribution >= 0.6 is 0 Å². The predicted molar refractivity (Wildman–Crippen MR) is 95.3 cm³/mol. The van der Waals surface area contributed by atoms with E-state index < -0.39 is 0 Å². The molecular weight excluding hydrogens is 302 g/mol. The van der Waals surface area contributed by atoms with Crippen LogP contribution in [0.5, 0.6) is 0 Å². The summed E-state index contributed by atoms with van der Waals surface area (Å²) >= 11 is 0. The molecule has 2 N–H and O–H groups in total. The molecule has 1 aliphatic heterocycles. The Balaban J connectivity index is 1.54. The predicted octanol–water partition coefficient (Wildman–Crippen LogP) is 3.35. The summed E-state index contributed by atoms with van der Waals surface area (Å²) in [5, 5.41) is 5.68. The van der Waals surface area contributed by atoms with Crippen molar-refractivity contribution in [2.45, 2.75) is 19.3 Å². The molecule has 2 aromatic rings. The maximum Gasteiger partial charge on any atom is 0.319 e. The SMILES string of the molecule is CC(=O)N1CC(CCNC(=O)Nc2ccccc2)c2ccccc21. The standard InChI is InChI=1S/C19H21N3O2/c1-14(23)22-13-15(17-9-5-6-10-18(17)22)11-12-20-19(24)21-16-7-3-2-4-8-16/h2-10,15H,11-13H2,1H3,(H2,20,21,24). The van der Waals surface area contributed by atoms with Crippen molar-refractivity contribution in [1.29, 1.82) is 0 Å². The molecule has 0 radical (unpaired) electrons. The van der Waals surface area contributed by atoms with Gasteiger partial charge in [-0.3, -0.25) is 4.79 Å². The Labute approximate surface area is 141 Å². The van der Waals surface area contributed by atoms with Crippen molar-refractivity contribution in [2.75, 3.05) is 23.3 Å². The Hall–Kier alpha value is -2.82. The van der Waals surface area contributed by atoms with Crippen molar-refractivity contribution in [3.63, 3.8) is 0 Å². The molecule has 0 bridgehead atoms. The van der Waals surface area contributed by atoms with E-state index in [1.54, 1.807) is 6.92 Å². The second kappa shape index (κ2) is 7.17. The van der Waals surface area contributed by atoms with Crippen LogP contribution in [-0.2, 0) is 4.79 Å². The molecule has 1 heterocycles. The molecule has 1 atom stereocenters. The first-order chi connectivity index (χ1) is 11.6. The van der Waals surface area contributed by atoms with Crippen LogP contribution in [0.1, 0.15) is 24.8 Å². The van der Waals surface area contributed by atoms with Gasteiger partial charge in [-0.25, -0.2) is 4.79 Å². The number of nitrogens with one attached hydrogen (secondary N) is 2. The van der Waals surface area contributed by atoms with Gasteiger partial charge >= 0.3 is 6.03 Å². The second-order valence-electron chi connectivity index (χ2n) is 5.92. The lowest BCUT2D eigenvalue weighted by atomic mass is 9.98. The minimum Gasteiger partial charge on any atom is -0.338 e. The minimum atomic E-state index is -0.212.